The summed E-state index contributed by atoms with van der Waals surface area (Å²) >= 11 is 3.34. The number of carbonyl (C=O) groups excluding carboxylic acids is 1. The Balaban J connectivity index is 2.79. The number of rotatable bonds is 6. The van der Waals surface area contributed by atoms with Crippen LogP contribution in [0.5, 0.6) is 0 Å². The number of aliphatic carboxylic acids is 1. The molecule has 0 spiro atoms. The first-order valence-corrected chi connectivity index (χ1v) is 6.85. The Bertz CT molecular complexity index is 506. The van der Waals surface area contributed by atoms with E-state index in [4.69, 9.17) is 10.8 Å². The summed E-state index contributed by atoms with van der Waals surface area (Å²) in [5, 5.41) is 11.3. The quantitative estimate of drug-likeness (QED) is 0.729. The second-order valence-electron chi connectivity index (χ2n) is 4.58. The van der Waals surface area contributed by atoms with Crippen LogP contribution in [0, 0.1) is 0 Å². The number of anilines is 2. The van der Waals surface area contributed by atoms with Gasteiger partial charge in [0.05, 0.1) is 17.4 Å². The summed E-state index contributed by atoms with van der Waals surface area (Å²) in [5.74, 6) is -1.36. The molecule has 0 aromatic heterocycles. The Labute approximate surface area is 126 Å². The van der Waals surface area contributed by atoms with Crippen LogP contribution in [-0.4, -0.2) is 37.1 Å². The van der Waals surface area contributed by atoms with Crippen molar-refractivity contribution >= 4 is 39.2 Å². The van der Waals surface area contributed by atoms with Crippen LogP contribution in [0.1, 0.15) is 12.8 Å². The topological polar surface area (TPSA) is 95.7 Å². The van der Waals surface area contributed by atoms with Gasteiger partial charge in [0, 0.05) is 25.0 Å². The fourth-order valence-corrected chi connectivity index (χ4v) is 1.99. The van der Waals surface area contributed by atoms with Crippen LogP contribution < -0.4 is 16.0 Å². The molecule has 110 valence electrons. The molecule has 0 saturated heterocycles. The second kappa shape index (κ2) is 7.25. The predicted octanol–water partition coefficient (Wildman–Crippen LogP) is 1.65. The highest BCUT2D eigenvalue weighted by atomic mass is 79.9. The maximum absolute atomic E-state index is 11.9. The van der Waals surface area contributed by atoms with E-state index in [0.29, 0.717) is 5.69 Å². The van der Waals surface area contributed by atoms with Gasteiger partial charge in [0.1, 0.15) is 0 Å². The van der Waals surface area contributed by atoms with E-state index in [1.807, 2.05) is 31.1 Å². The molecular weight excluding hydrogens is 326 g/mol. The SMILES string of the molecule is CN(C)c1ccc(Br)cc1NC(=O)C(N)CCC(=O)O. The van der Waals surface area contributed by atoms with E-state index in [-0.39, 0.29) is 12.8 Å². The number of benzene rings is 1. The summed E-state index contributed by atoms with van der Waals surface area (Å²) < 4.78 is 0.831. The molecule has 6 nitrogen and oxygen atoms in total. The average Bonchev–Trinajstić information content (AvgIpc) is 2.35. The number of nitrogens with two attached hydrogens (primary N) is 1. The number of amides is 1. The molecule has 7 heteroatoms. The third-order valence-corrected chi connectivity index (χ3v) is 3.20. The van der Waals surface area contributed by atoms with Crippen LogP contribution in [0.25, 0.3) is 0 Å². The van der Waals surface area contributed by atoms with Gasteiger partial charge in [-0.3, -0.25) is 9.59 Å². The molecule has 4 N–H and O–H groups in total. The van der Waals surface area contributed by atoms with E-state index >= 15 is 0 Å². The molecule has 1 rings (SSSR count). The van der Waals surface area contributed by atoms with Gasteiger partial charge >= 0.3 is 5.97 Å². The van der Waals surface area contributed by atoms with Crippen molar-refractivity contribution < 1.29 is 14.7 Å². The van der Waals surface area contributed by atoms with Crippen molar-refractivity contribution in [2.75, 3.05) is 24.3 Å². The zero-order valence-corrected chi connectivity index (χ0v) is 13.0. The van der Waals surface area contributed by atoms with E-state index in [9.17, 15) is 9.59 Å². The van der Waals surface area contributed by atoms with Crippen LogP contribution in [0.4, 0.5) is 11.4 Å². The standard InChI is InChI=1S/C13H18BrN3O3/c1-17(2)11-5-3-8(14)7-10(11)16-13(20)9(15)4-6-12(18)19/h3,5,7,9H,4,6,15H2,1-2H3,(H,16,20)(H,18,19). The number of carboxylic acids is 1. The van der Waals surface area contributed by atoms with Gasteiger partial charge in [0.25, 0.3) is 0 Å². The molecular formula is C13H18BrN3O3. The van der Waals surface area contributed by atoms with Gasteiger partial charge < -0.3 is 21.1 Å². The summed E-state index contributed by atoms with van der Waals surface area (Å²) in [4.78, 5) is 24.3. The number of carbonyl (C=O) groups is 2. The highest BCUT2D eigenvalue weighted by Gasteiger charge is 2.17. The summed E-state index contributed by atoms with van der Waals surface area (Å²) in [7, 11) is 3.73. The fourth-order valence-electron chi connectivity index (χ4n) is 1.63. The van der Waals surface area contributed by atoms with E-state index < -0.39 is 17.9 Å². The Morgan fingerprint density at radius 2 is 2.10 bits per heavy atom. The van der Waals surface area contributed by atoms with Crippen molar-refractivity contribution in [3.05, 3.63) is 22.7 Å². The summed E-state index contributed by atoms with van der Waals surface area (Å²) in [6.45, 7) is 0. The number of hydrogen-bond donors (Lipinski definition) is 3. The Morgan fingerprint density at radius 3 is 2.65 bits per heavy atom. The molecule has 0 aliphatic heterocycles. The lowest BCUT2D eigenvalue weighted by Gasteiger charge is -2.19. The van der Waals surface area contributed by atoms with E-state index in [2.05, 4.69) is 21.2 Å². The Morgan fingerprint density at radius 1 is 1.45 bits per heavy atom. The smallest absolute Gasteiger partial charge is 0.303 e. The number of nitrogens with zero attached hydrogens (tertiary/aromatic N) is 1. The molecule has 0 bridgehead atoms. The molecule has 1 unspecified atom stereocenters. The molecule has 0 heterocycles. The zero-order chi connectivity index (χ0) is 15.3. The molecule has 0 aliphatic carbocycles. The third-order valence-electron chi connectivity index (χ3n) is 2.70. The molecule has 1 aromatic carbocycles. The minimum Gasteiger partial charge on any atom is -0.481 e. The van der Waals surface area contributed by atoms with Crippen molar-refractivity contribution in [2.24, 2.45) is 5.73 Å². The molecule has 1 atom stereocenters. The lowest BCUT2D eigenvalue weighted by atomic mass is 10.1. The third kappa shape index (κ3) is 4.82. The minimum absolute atomic E-state index is 0.104. The summed E-state index contributed by atoms with van der Waals surface area (Å²) in [5.41, 5.74) is 7.14. The van der Waals surface area contributed by atoms with Gasteiger partial charge in [-0.1, -0.05) is 15.9 Å². The average molecular weight is 344 g/mol. The lowest BCUT2D eigenvalue weighted by Crippen LogP contribution is -2.36. The van der Waals surface area contributed by atoms with Crippen molar-refractivity contribution in [3.63, 3.8) is 0 Å². The maximum Gasteiger partial charge on any atom is 0.303 e. The number of hydrogen-bond acceptors (Lipinski definition) is 4. The first-order chi connectivity index (χ1) is 9.31. The Kier molecular flexibility index (Phi) is 5.97. The van der Waals surface area contributed by atoms with E-state index in [0.717, 1.165) is 10.2 Å². The molecule has 1 aromatic rings. The molecule has 0 radical (unpaired) electrons. The largest absolute Gasteiger partial charge is 0.481 e. The van der Waals surface area contributed by atoms with Gasteiger partial charge in [0.2, 0.25) is 5.91 Å². The first-order valence-electron chi connectivity index (χ1n) is 6.06. The highest BCUT2D eigenvalue weighted by molar-refractivity contribution is 9.10. The molecule has 0 fully saturated rings. The van der Waals surface area contributed by atoms with Gasteiger partial charge in [-0.05, 0) is 24.6 Å². The number of nitrogens with one attached hydrogen (secondary N) is 1. The first kappa shape index (κ1) is 16.5. The monoisotopic (exact) mass is 343 g/mol. The summed E-state index contributed by atoms with van der Waals surface area (Å²) in [6, 6.07) is 4.66. The Hall–Kier alpha value is -1.60. The van der Waals surface area contributed by atoms with Crippen LogP contribution in [0.3, 0.4) is 0 Å². The maximum atomic E-state index is 11.9. The molecule has 1 amide bonds. The second-order valence-corrected chi connectivity index (χ2v) is 5.50. The fraction of sp³-hybridized carbons (Fsp3) is 0.385. The van der Waals surface area contributed by atoms with Crippen LogP contribution >= 0.6 is 15.9 Å². The van der Waals surface area contributed by atoms with Gasteiger partial charge in [-0.2, -0.15) is 0 Å². The molecule has 0 aliphatic rings. The van der Waals surface area contributed by atoms with Gasteiger partial charge in [-0.15, -0.1) is 0 Å². The zero-order valence-electron chi connectivity index (χ0n) is 11.4. The van der Waals surface area contributed by atoms with Crippen molar-refractivity contribution in [3.8, 4) is 0 Å². The predicted molar refractivity (Wildman–Crippen MR) is 81.9 cm³/mol. The normalized spacial score (nSPS) is 11.8. The van der Waals surface area contributed by atoms with Crippen LogP contribution in [-0.2, 0) is 9.59 Å². The molecule has 20 heavy (non-hydrogen) atoms. The van der Waals surface area contributed by atoms with Crippen molar-refractivity contribution in [1.82, 2.24) is 0 Å². The number of halogens is 1. The lowest BCUT2D eigenvalue weighted by molar-refractivity contribution is -0.137. The van der Waals surface area contributed by atoms with Gasteiger partial charge in [-0.25, -0.2) is 0 Å². The number of carboxylic acid groups (broad SMARTS) is 1. The van der Waals surface area contributed by atoms with Crippen molar-refractivity contribution in [2.45, 2.75) is 18.9 Å². The van der Waals surface area contributed by atoms with Gasteiger partial charge in [0.15, 0.2) is 0 Å². The highest BCUT2D eigenvalue weighted by Crippen LogP contribution is 2.28. The summed E-state index contributed by atoms with van der Waals surface area (Å²) in [6.07, 6.45) is -0.0277. The van der Waals surface area contributed by atoms with Crippen LogP contribution in [0.2, 0.25) is 0 Å². The van der Waals surface area contributed by atoms with E-state index in [1.54, 1.807) is 6.07 Å². The van der Waals surface area contributed by atoms with E-state index in [1.165, 1.54) is 0 Å². The minimum atomic E-state index is -0.968. The van der Waals surface area contributed by atoms with Crippen molar-refractivity contribution in [1.29, 1.82) is 0 Å². The van der Waals surface area contributed by atoms with Crippen LogP contribution in [0.15, 0.2) is 22.7 Å². The molecule has 0 saturated carbocycles.